The molecule has 0 atom stereocenters. The number of benzene rings is 8. The van der Waals surface area contributed by atoms with Crippen molar-refractivity contribution in [2.24, 2.45) is 0 Å². The standard InChI is InChI=1S/C86H94N2O12/c1-19-95-73-51-31-52-38-64(84(10,11)12)42-56(74(52)96-20-2)34-61-47-68(88-81(93)71-29-25-26-30-72(71)82(88)94)48-62(78(61)100-50(6)90)36-58-44-66(86(16,17)18)40-54(76(58)98-22-4)32-53-39-65(85(13,14)15)43-57(75(53)97-21-3)35-60-46-67(87-79(91)69-27-23-24-28-70(69)80(87)92)45-59(77(60)99-49(5)89)33-55(73)41-63(37-51)83(7,8)9/h23-30,37-48H,19-22,31-36H2,1-18H3. The molecule has 8 aromatic carbocycles. The highest BCUT2D eigenvalue weighted by molar-refractivity contribution is 6.35. The van der Waals surface area contributed by atoms with Crippen LogP contribution in [0.15, 0.2) is 121 Å². The van der Waals surface area contributed by atoms with E-state index in [1.165, 1.54) is 23.6 Å². The maximum absolute atomic E-state index is 14.8. The quantitative estimate of drug-likeness (QED) is 0.0647. The third-order valence-corrected chi connectivity index (χ3v) is 18.9. The molecule has 1 aliphatic carbocycles. The largest absolute Gasteiger partial charge is 0.493 e. The number of ether oxygens (including phenoxy) is 6. The maximum Gasteiger partial charge on any atom is 0.308 e. The van der Waals surface area contributed by atoms with Gasteiger partial charge in [-0.2, -0.15) is 0 Å². The first-order valence-electron chi connectivity index (χ1n) is 35.0. The van der Waals surface area contributed by atoms with Crippen LogP contribution in [0.3, 0.4) is 0 Å². The normalized spacial score (nSPS) is 14.1. The third-order valence-electron chi connectivity index (χ3n) is 18.9. The summed E-state index contributed by atoms with van der Waals surface area (Å²) in [6, 6.07) is 38.2. The van der Waals surface area contributed by atoms with Crippen molar-refractivity contribution in [3.63, 3.8) is 0 Å². The molecule has 8 aromatic rings. The molecule has 0 saturated carbocycles. The first kappa shape index (κ1) is 71.5. The number of carbonyl (C=O) groups excluding carboxylic acids is 6. The molecule has 3 aliphatic rings. The average molecular weight is 1350 g/mol. The molecular formula is C86H94N2O12. The number of hydrogen-bond donors (Lipinski definition) is 0. The molecule has 100 heavy (non-hydrogen) atoms. The van der Waals surface area contributed by atoms with Gasteiger partial charge in [-0.3, -0.25) is 28.8 Å². The van der Waals surface area contributed by atoms with E-state index < -0.39 is 57.2 Å². The van der Waals surface area contributed by atoms with E-state index in [0.717, 1.165) is 66.8 Å². The first-order chi connectivity index (χ1) is 47.2. The number of fused-ring (bicyclic) bond motifs is 14. The van der Waals surface area contributed by atoms with Crippen LogP contribution in [0.4, 0.5) is 11.4 Å². The second-order valence-corrected chi connectivity index (χ2v) is 30.6. The predicted octanol–water partition coefficient (Wildman–Crippen LogP) is 17.8. The Morgan fingerprint density at radius 2 is 0.490 bits per heavy atom. The minimum atomic E-state index is -0.561. The van der Waals surface area contributed by atoms with Crippen LogP contribution in [0.25, 0.3) is 0 Å². The minimum absolute atomic E-state index is 0.118. The zero-order chi connectivity index (χ0) is 72.2. The number of carbonyl (C=O) groups is 6. The van der Waals surface area contributed by atoms with Gasteiger partial charge in [-0.1, -0.05) is 156 Å². The van der Waals surface area contributed by atoms with E-state index >= 15 is 0 Å². The fourth-order valence-electron chi connectivity index (χ4n) is 14.0. The van der Waals surface area contributed by atoms with Gasteiger partial charge in [0.15, 0.2) is 0 Å². The van der Waals surface area contributed by atoms with Crippen molar-refractivity contribution in [3.05, 3.63) is 233 Å². The van der Waals surface area contributed by atoms with Crippen LogP contribution in [0.1, 0.15) is 255 Å². The Balaban J connectivity index is 1.29. The summed E-state index contributed by atoms with van der Waals surface area (Å²) in [7, 11) is 0. The topological polar surface area (TPSA) is 164 Å². The van der Waals surface area contributed by atoms with Crippen molar-refractivity contribution in [2.75, 3.05) is 36.2 Å². The van der Waals surface area contributed by atoms with Gasteiger partial charge in [-0.05, 0) is 165 Å². The van der Waals surface area contributed by atoms with E-state index in [9.17, 15) is 28.8 Å². The van der Waals surface area contributed by atoms with Crippen LogP contribution in [0.5, 0.6) is 34.5 Å². The Morgan fingerprint density at radius 1 is 0.310 bits per heavy atom. The lowest BCUT2D eigenvalue weighted by Gasteiger charge is -2.28. The molecule has 11 rings (SSSR count). The first-order valence-corrected chi connectivity index (χ1v) is 35.0. The highest BCUT2D eigenvalue weighted by Crippen LogP contribution is 2.47. The Labute approximate surface area is 589 Å². The number of imide groups is 2. The summed E-state index contributed by atoms with van der Waals surface area (Å²) in [5.41, 5.74) is 12.5. The van der Waals surface area contributed by atoms with E-state index in [1.807, 2.05) is 27.7 Å². The Morgan fingerprint density at radius 3 is 0.650 bits per heavy atom. The summed E-state index contributed by atoms with van der Waals surface area (Å²) < 4.78 is 40.8. The average Bonchev–Trinajstić information content (AvgIpc) is 1.43. The van der Waals surface area contributed by atoms with E-state index in [0.29, 0.717) is 69.5 Å². The lowest BCUT2D eigenvalue weighted by molar-refractivity contribution is -0.132. The Hall–Kier alpha value is -9.82. The number of amides is 4. The Kier molecular flexibility index (Phi) is 19.8. The molecule has 14 nitrogen and oxygen atoms in total. The molecule has 14 heteroatoms. The van der Waals surface area contributed by atoms with Crippen molar-refractivity contribution < 1.29 is 57.2 Å². The molecule has 2 aliphatic heterocycles. The number of nitrogens with zero attached hydrogens (tertiary/aromatic N) is 2. The maximum atomic E-state index is 14.8. The SMILES string of the molecule is CCOc1c2cc(C(C)(C)C)cc1Cc1cc(N3C(=O)c4ccccc4C3=O)cc(c1OC(C)=O)Cc1cc(C(C)(C)C)cc(c1OCC)Cc1cc(C(C)(C)C)cc(c1OCC)Cc1cc(N3C(=O)c4ccccc4C3=O)cc(c1OC(C)=O)Cc1cc(C(C)(C)C)cc(c1OCC)C2. The van der Waals surface area contributed by atoms with E-state index in [-0.39, 0.29) is 85.9 Å². The summed E-state index contributed by atoms with van der Waals surface area (Å²) in [6.45, 7) is 37.5. The fourth-order valence-corrected chi connectivity index (χ4v) is 14.0. The molecular weight excluding hydrogens is 1250 g/mol. The second-order valence-electron chi connectivity index (χ2n) is 30.6. The zero-order valence-electron chi connectivity index (χ0n) is 61.4. The van der Waals surface area contributed by atoms with Gasteiger partial charge >= 0.3 is 11.9 Å². The number of esters is 2. The summed E-state index contributed by atoms with van der Waals surface area (Å²) in [4.78, 5) is 89.6. The van der Waals surface area contributed by atoms with Crippen molar-refractivity contribution in [1.29, 1.82) is 0 Å². The third kappa shape index (κ3) is 14.3. The number of rotatable bonds is 12. The predicted molar refractivity (Wildman–Crippen MR) is 393 cm³/mol. The summed E-state index contributed by atoms with van der Waals surface area (Å²) in [5, 5.41) is 0. The zero-order valence-corrected chi connectivity index (χ0v) is 61.4. The minimum Gasteiger partial charge on any atom is -0.493 e. The van der Waals surface area contributed by atoms with Crippen LogP contribution in [0.2, 0.25) is 0 Å². The molecule has 0 unspecified atom stereocenters. The number of anilines is 2. The van der Waals surface area contributed by atoms with Crippen LogP contribution in [0, 0.1) is 0 Å². The van der Waals surface area contributed by atoms with Crippen LogP contribution in [-0.2, 0) is 69.8 Å². The smallest absolute Gasteiger partial charge is 0.308 e. The molecule has 0 fully saturated rings. The highest BCUT2D eigenvalue weighted by atomic mass is 16.5. The van der Waals surface area contributed by atoms with Gasteiger partial charge in [0.1, 0.15) is 34.5 Å². The molecule has 12 bridgehead atoms. The Bertz CT molecular complexity index is 4080. The van der Waals surface area contributed by atoms with E-state index in [2.05, 4.69) is 132 Å². The molecule has 2 heterocycles. The van der Waals surface area contributed by atoms with Crippen molar-refractivity contribution >= 4 is 46.9 Å². The van der Waals surface area contributed by atoms with E-state index in [4.69, 9.17) is 28.4 Å². The van der Waals surface area contributed by atoms with Crippen LogP contribution in [-0.4, -0.2) is 62.0 Å². The number of hydrogen-bond acceptors (Lipinski definition) is 12. The monoisotopic (exact) mass is 1350 g/mol. The van der Waals surface area contributed by atoms with E-state index in [1.54, 1.807) is 72.8 Å². The molecule has 0 spiro atoms. The molecule has 520 valence electrons. The van der Waals surface area contributed by atoms with Gasteiger partial charge in [0, 0.05) is 74.6 Å². The molecule has 4 amide bonds. The lowest BCUT2D eigenvalue weighted by atomic mass is 9.80. The van der Waals surface area contributed by atoms with Gasteiger partial charge in [0.2, 0.25) is 0 Å². The second kappa shape index (κ2) is 27.7. The summed E-state index contributed by atoms with van der Waals surface area (Å²) >= 11 is 0. The molecule has 0 saturated heterocycles. The van der Waals surface area contributed by atoms with Crippen molar-refractivity contribution in [3.8, 4) is 34.5 Å². The lowest BCUT2D eigenvalue weighted by Crippen LogP contribution is -2.29. The van der Waals surface area contributed by atoms with Gasteiger partial charge < -0.3 is 28.4 Å². The van der Waals surface area contributed by atoms with Crippen LogP contribution >= 0.6 is 0 Å². The molecule has 0 N–H and O–H groups in total. The fraction of sp³-hybridized carbons (Fsp3) is 0.372. The van der Waals surface area contributed by atoms with Crippen LogP contribution < -0.4 is 38.2 Å². The molecule has 0 radical (unpaired) electrons. The summed E-state index contributed by atoms with van der Waals surface area (Å²) in [5.74, 6) is -0.0769. The van der Waals surface area contributed by atoms with Crippen molar-refractivity contribution in [2.45, 2.75) is 185 Å². The van der Waals surface area contributed by atoms with Crippen molar-refractivity contribution in [1.82, 2.24) is 0 Å². The van der Waals surface area contributed by atoms with Gasteiger partial charge in [0.25, 0.3) is 23.6 Å². The highest BCUT2D eigenvalue weighted by Gasteiger charge is 2.40. The summed E-state index contributed by atoms with van der Waals surface area (Å²) in [6.07, 6.45) is 1.07. The van der Waals surface area contributed by atoms with Gasteiger partial charge in [-0.25, -0.2) is 9.80 Å². The molecule has 0 aromatic heterocycles. The van der Waals surface area contributed by atoms with Gasteiger partial charge in [0.05, 0.1) is 60.1 Å². The van der Waals surface area contributed by atoms with Gasteiger partial charge in [-0.15, -0.1) is 0 Å².